The molecule has 5 rings (SSSR count). The number of hydrogen-bond acceptors (Lipinski definition) is 13. The fourth-order valence-electron chi connectivity index (χ4n) is 6.07. The predicted octanol–water partition coefficient (Wildman–Crippen LogP) is 8.99. The van der Waals surface area contributed by atoms with Gasteiger partial charge in [0.25, 0.3) is 0 Å². The van der Waals surface area contributed by atoms with E-state index in [4.69, 9.17) is 24.7 Å². The molecule has 13 nitrogen and oxygen atoms in total. The fraction of sp³-hybridized carbons (Fsp3) is 0.208. The van der Waals surface area contributed by atoms with Crippen LogP contribution in [0.25, 0.3) is 12.2 Å². The Bertz CT molecular complexity index is 2670. The van der Waals surface area contributed by atoms with Crippen LogP contribution in [0.2, 0.25) is 0 Å². The van der Waals surface area contributed by atoms with E-state index >= 15 is 0 Å². The van der Waals surface area contributed by atoms with Gasteiger partial charge in [-0.1, -0.05) is 36.4 Å². The highest BCUT2D eigenvalue weighted by Crippen LogP contribution is 2.34. The van der Waals surface area contributed by atoms with Gasteiger partial charge < -0.3 is 44.4 Å². The smallest absolute Gasteiger partial charge is 0.461 e. The second kappa shape index (κ2) is 22.3. The zero-order valence-electron chi connectivity index (χ0n) is 35.9. The molecule has 0 heterocycles. The number of anilines is 1. The summed E-state index contributed by atoms with van der Waals surface area (Å²) in [6, 6.07) is 21.8. The number of rotatable bonds is 22. The molecule has 0 aliphatic carbocycles. The minimum Gasteiger partial charge on any atom is -0.493 e. The van der Waals surface area contributed by atoms with Gasteiger partial charge in [-0.15, -0.1) is 0 Å². The summed E-state index contributed by atoms with van der Waals surface area (Å²) in [5, 5.41) is 22.6. The molecular weight excluding hydrogens is 935 g/mol. The number of methoxy groups -OCH3 is 2. The van der Waals surface area contributed by atoms with Crippen molar-refractivity contribution in [2.45, 2.75) is 43.7 Å². The van der Waals surface area contributed by atoms with E-state index in [0.29, 0.717) is 16.8 Å². The van der Waals surface area contributed by atoms with Crippen LogP contribution < -0.4 is 34.2 Å². The van der Waals surface area contributed by atoms with Crippen LogP contribution in [0.15, 0.2) is 121 Å². The van der Waals surface area contributed by atoms with Crippen LogP contribution in [-0.2, 0) is 16.0 Å². The average Bonchev–Trinajstić information content (AvgIpc) is 3.31. The molecule has 0 bridgehead atoms. The second-order valence-electron chi connectivity index (χ2n) is 14.6. The van der Waals surface area contributed by atoms with Crippen LogP contribution in [0.4, 0.5) is 40.8 Å². The van der Waals surface area contributed by atoms with Gasteiger partial charge in [0.05, 0.1) is 25.3 Å². The van der Waals surface area contributed by atoms with E-state index in [1.54, 1.807) is 12.1 Å². The van der Waals surface area contributed by atoms with Crippen LogP contribution in [0, 0.1) is 5.92 Å². The van der Waals surface area contributed by atoms with Gasteiger partial charge in [0.2, 0.25) is 11.6 Å². The number of ketones is 2. The number of ether oxygens (including phenoxy) is 6. The van der Waals surface area contributed by atoms with Crippen LogP contribution in [0.5, 0.6) is 34.5 Å². The topological polar surface area (TPSA) is 190 Å². The lowest BCUT2D eigenvalue weighted by atomic mass is 9.84. The Morgan fingerprint density at radius 3 is 1.42 bits per heavy atom. The van der Waals surface area contributed by atoms with E-state index in [-0.39, 0.29) is 46.1 Å². The molecule has 4 N–H and O–H groups in total. The van der Waals surface area contributed by atoms with Gasteiger partial charge >= 0.3 is 37.0 Å². The monoisotopic (exact) mass is 973 g/mol. The van der Waals surface area contributed by atoms with Gasteiger partial charge in [-0.3, -0.25) is 9.59 Å². The molecule has 0 aromatic heterocycles. The molecule has 0 saturated heterocycles. The Balaban J connectivity index is 1.26. The average molecular weight is 974 g/mol. The van der Waals surface area contributed by atoms with Crippen molar-refractivity contribution in [1.82, 2.24) is 0 Å². The summed E-state index contributed by atoms with van der Waals surface area (Å²) in [6.45, 7) is 0. The third-order valence-electron chi connectivity index (χ3n) is 9.71. The fourth-order valence-corrected chi connectivity index (χ4v) is 6.07. The maximum Gasteiger partial charge on any atom is 0.461 e. The maximum atomic E-state index is 13.5. The molecule has 69 heavy (non-hydrogen) atoms. The lowest BCUT2D eigenvalue weighted by Gasteiger charge is -2.28. The number of nitrogen functional groups attached to an aromatic ring is 1. The minimum atomic E-state index is -4.76. The number of carbonyl (C=O) groups is 4. The normalized spacial score (nSPS) is 12.6. The molecule has 364 valence electrons. The molecule has 0 amide bonds. The number of nitrogens with two attached hydrogens (primary N) is 1. The van der Waals surface area contributed by atoms with Gasteiger partial charge in [0, 0.05) is 18.0 Å². The molecule has 1 unspecified atom stereocenters. The van der Waals surface area contributed by atoms with Gasteiger partial charge in [-0.2, -0.15) is 35.1 Å². The maximum absolute atomic E-state index is 13.5. The quantitative estimate of drug-likeness (QED) is 0.0149. The van der Waals surface area contributed by atoms with Crippen LogP contribution in [0.1, 0.15) is 43.8 Å². The SMILES string of the molecule is COc1cc(/C=C/C(=O)CC(Cc2ccc(N)cc2)C(O)(O)C(=O)/C=C/c2ccc(OC(=O)c3ccc(OC(F)(F)C(F)F)cc3)c(OC)c2)ccc1OC(=O)c1ccc(OC(F)(F)C(F)F)cc1. The molecule has 0 radical (unpaired) electrons. The summed E-state index contributed by atoms with van der Waals surface area (Å²) in [5.41, 5.74) is 6.95. The molecule has 0 aliphatic rings. The molecule has 0 fully saturated rings. The summed E-state index contributed by atoms with van der Waals surface area (Å²) in [6.07, 6.45) is -14.0. The molecule has 1 atom stereocenters. The number of hydrogen-bond donors (Lipinski definition) is 3. The van der Waals surface area contributed by atoms with Crippen molar-refractivity contribution < 1.29 is 92.9 Å². The lowest BCUT2D eigenvalue weighted by molar-refractivity contribution is -0.253. The van der Waals surface area contributed by atoms with E-state index < -0.39 is 78.2 Å². The van der Waals surface area contributed by atoms with Gasteiger partial charge in [0.15, 0.2) is 28.8 Å². The van der Waals surface area contributed by atoms with Crippen LogP contribution in [0.3, 0.4) is 0 Å². The lowest BCUT2D eigenvalue weighted by Crippen LogP contribution is -2.46. The minimum absolute atomic E-state index is 0.00881. The van der Waals surface area contributed by atoms with Crippen molar-refractivity contribution in [1.29, 1.82) is 0 Å². The number of benzene rings is 5. The number of allylic oxidation sites excluding steroid dienone is 1. The summed E-state index contributed by atoms with van der Waals surface area (Å²) >= 11 is 0. The molecule has 5 aromatic rings. The summed E-state index contributed by atoms with van der Waals surface area (Å²) in [4.78, 5) is 52.4. The standard InChI is InChI=1S/C48H39F8NO12/c1-64-39-24-28(6-20-37(39)66-42(60)30-9-16-35(17-10-30)68-47(53,54)44(49)50)5-15-34(58)26-32(23-27-3-13-33(57)14-4-27)46(62,63)41(59)22-8-29-7-21-38(40(25-29)65-2)67-43(61)31-11-18-36(19-12-31)69-48(55,56)45(51)52/h3-22,24-25,32,44-45,62-63H,23,26,57H2,1-2H3/b15-5+,22-8+. The van der Waals surface area contributed by atoms with E-state index in [2.05, 4.69) is 9.47 Å². The van der Waals surface area contributed by atoms with Gasteiger partial charge in [0.1, 0.15) is 11.5 Å². The Kier molecular flexibility index (Phi) is 16.9. The van der Waals surface area contributed by atoms with Crippen LogP contribution >= 0.6 is 0 Å². The second-order valence-corrected chi connectivity index (χ2v) is 14.6. The summed E-state index contributed by atoms with van der Waals surface area (Å²) < 4.78 is 132. The van der Waals surface area contributed by atoms with Crippen molar-refractivity contribution in [3.05, 3.63) is 149 Å². The zero-order valence-corrected chi connectivity index (χ0v) is 35.9. The highest BCUT2D eigenvalue weighted by Gasteiger charge is 2.45. The van der Waals surface area contributed by atoms with Crippen molar-refractivity contribution in [2.75, 3.05) is 20.0 Å². The number of esters is 2. The number of alkyl halides is 8. The first kappa shape index (κ1) is 52.2. The van der Waals surface area contributed by atoms with Gasteiger partial charge in [-0.05, 0) is 120 Å². The number of halogens is 8. The molecule has 5 aromatic carbocycles. The third-order valence-corrected chi connectivity index (χ3v) is 9.71. The highest BCUT2D eigenvalue weighted by molar-refractivity contribution is 6.00. The first-order chi connectivity index (χ1) is 32.5. The van der Waals surface area contributed by atoms with E-state index in [1.165, 1.54) is 74.9 Å². The Hall–Kier alpha value is -7.78. The third kappa shape index (κ3) is 14.1. The zero-order chi connectivity index (χ0) is 50.7. The first-order valence-electron chi connectivity index (χ1n) is 19.9. The Labute approximate surface area is 386 Å². The van der Waals surface area contributed by atoms with Crippen molar-refractivity contribution in [3.63, 3.8) is 0 Å². The molecule has 0 saturated carbocycles. The summed E-state index contributed by atoms with van der Waals surface area (Å²) in [7, 11) is 2.48. The van der Waals surface area contributed by atoms with E-state index in [1.807, 2.05) is 0 Å². The number of carbonyl (C=O) groups excluding carboxylic acids is 4. The Morgan fingerprint density at radius 1 is 0.594 bits per heavy atom. The molecular formula is C48H39F8NO12. The first-order valence-corrected chi connectivity index (χ1v) is 19.9. The van der Waals surface area contributed by atoms with Crippen molar-refractivity contribution in [3.8, 4) is 34.5 Å². The van der Waals surface area contributed by atoms with Crippen molar-refractivity contribution in [2.24, 2.45) is 5.92 Å². The molecule has 0 aliphatic heterocycles. The number of aliphatic hydroxyl groups is 2. The van der Waals surface area contributed by atoms with Gasteiger partial charge in [-0.25, -0.2) is 9.59 Å². The predicted molar refractivity (Wildman–Crippen MR) is 230 cm³/mol. The Morgan fingerprint density at radius 2 is 1.01 bits per heavy atom. The highest BCUT2D eigenvalue weighted by atomic mass is 19.3. The van der Waals surface area contributed by atoms with Crippen LogP contribution in [-0.4, -0.2) is 78.8 Å². The largest absolute Gasteiger partial charge is 0.493 e. The molecule has 0 spiro atoms. The van der Waals surface area contributed by atoms with Crippen molar-refractivity contribution >= 4 is 41.3 Å². The summed E-state index contributed by atoms with van der Waals surface area (Å²) in [5.74, 6) is -9.95. The van der Waals surface area contributed by atoms with E-state index in [0.717, 1.165) is 60.7 Å². The molecule has 21 heteroatoms. The van der Waals surface area contributed by atoms with E-state index in [9.17, 15) is 64.5 Å².